The molecule has 0 bridgehead atoms. The molecule has 3 aromatic carbocycles. The van der Waals surface area contributed by atoms with E-state index >= 15 is 0 Å². The number of aromatic nitrogens is 2. The molecule has 5 nitrogen and oxygen atoms in total. The number of imidazole rings is 1. The molecule has 3 N–H and O–H groups in total. The Labute approximate surface area is 172 Å². The average Bonchev–Trinajstić information content (AvgIpc) is 3.09. The number of fused-ring (bicyclic) bond motifs is 1. The highest BCUT2D eigenvalue weighted by Gasteiger charge is 2.11. The molecule has 0 saturated heterocycles. The highest BCUT2D eigenvalue weighted by atomic mass is 35.5. The molecule has 0 fully saturated rings. The summed E-state index contributed by atoms with van der Waals surface area (Å²) in [5, 5.41) is 1.25. The third-order valence-corrected chi connectivity index (χ3v) is 5.77. The summed E-state index contributed by atoms with van der Waals surface area (Å²) in [6, 6.07) is 22.3. The van der Waals surface area contributed by atoms with Gasteiger partial charge in [-0.3, -0.25) is 0 Å². The summed E-state index contributed by atoms with van der Waals surface area (Å²) in [5.41, 5.74) is 5.83. The van der Waals surface area contributed by atoms with Gasteiger partial charge in [0.2, 0.25) is 0 Å². The zero-order chi connectivity index (χ0) is 19.5. The smallest absolute Gasteiger partial charge is 0.327 e. The highest BCUT2D eigenvalue weighted by molar-refractivity contribution is 7.99. The van der Waals surface area contributed by atoms with Gasteiger partial charge in [0, 0.05) is 5.56 Å². The fraction of sp³-hybridized carbons (Fsp3) is 0.0500. The maximum Gasteiger partial charge on any atom is 0.327 e. The first-order valence-corrected chi connectivity index (χ1v) is 10.9. The lowest BCUT2D eigenvalue weighted by Crippen LogP contribution is -1.84. The van der Waals surface area contributed by atoms with Gasteiger partial charge in [0.15, 0.2) is 5.16 Å². The first-order valence-electron chi connectivity index (χ1n) is 8.39. The molecule has 1 aromatic heterocycles. The van der Waals surface area contributed by atoms with Crippen LogP contribution in [0.25, 0.3) is 33.3 Å². The van der Waals surface area contributed by atoms with Crippen LogP contribution in [0, 0.1) is 0 Å². The fourth-order valence-electron chi connectivity index (χ4n) is 2.90. The minimum Gasteiger partial charge on any atom is -0.333 e. The van der Waals surface area contributed by atoms with Crippen molar-refractivity contribution in [3.05, 3.63) is 71.8 Å². The van der Waals surface area contributed by atoms with Crippen molar-refractivity contribution >= 4 is 43.0 Å². The van der Waals surface area contributed by atoms with Gasteiger partial charge in [-0.1, -0.05) is 78.0 Å². The Kier molecular flexibility index (Phi) is 5.97. The number of hydrogen-bond donors (Lipinski definition) is 3. The maximum absolute atomic E-state index is 8.80. The number of rotatable bonds is 6. The Morgan fingerprint density at radius 2 is 1.64 bits per heavy atom. The van der Waals surface area contributed by atoms with Crippen LogP contribution in [0.3, 0.4) is 0 Å². The van der Waals surface area contributed by atoms with E-state index in [1.54, 1.807) is 0 Å². The van der Waals surface area contributed by atoms with Gasteiger partial charge in [0.1, 0.15) is 5.94 Å². The van der Waals surface area contributed by atoms with Crippen LogP contribution in [0.15, 0.2) is 71.9 Å². The van der Waals surface area contributed by atoms with E-state index in [4.69, 9.17) is 25.9 Å². The summed E-state index contributed by atoms with van der Waals surface area (Å²) in [5.74, 6) is 0.0973. The number of thioether (sulfide) groups is 1. The number of nitrogens with zero attached hydrogens (tertiary/aromatic N) is 1. The Hall–Kier alpha value is -1.92. The van der Waals surface area contributed by atoms with E-state index in [1.165, 1.54) is 17.3 Å². The van der Waals surface area contributed by atoms with Gasteiger partial charge >= 0.3 is 8.60 Å². The Morgan fingerprint density at radius 1 is 0.964 bits per heavy atom. The second-order valence-electron chi connectivity index (χ2n) is 5.98. The van der Waals surface area contributed by atoms with Gasteiger partial charge in [-0.25, -0.2) is 4.98 Å². The third-order valence-electron chi connectivity index (χ3n) is 4.22. The number of H-pyrrole nitrogens is 1. The molecule has 0 atom stereocenters. The van der Waals surface area contributed by atoms with Crippen LogP contribution in [-0.4, -0.2) is 25.7 Å². The van der Waals surface area contributed by atoms with Crippen molar-refractivity contribution in [2.45, 2.75) is 5.16 Å². The second-order valence-corrected chi connectivity index (χ2v) is 8.06. The van der Waals surface area contributed by atoms with Crippen molar-refractivity contribution in [3.63, 3.8) is 0 Å². The van der Waals surface area contributed by atoms with E-state index in [0.29, 0.717) is 10.2 Å². The molecule has 8 heteroatoms. The SMILES string of the molecule is OP(O)OCSc1nc2cc(-c3ccc(-c4ccccc4)cc3)c(Cl)cc2[nH]1. The lowest BCUT2D eigenvalue weighted by Gasteiger charge is -2.07. The first kappa shape index (κ1) is 19.4. The molecule has 4 rings (SSSR count). The van der Waals surface area contributed by atoms with Crippen molar-refractivity contribution < 1.29 is 14.3 Å². The number of benzene rings is 3. The van der Waals surface area contributed by atoms with E-state index in [-0.39, 0.29) is 5.94 Å². The first-order chi connectivity index (χ1) is 13.6. The molecule has 0 unspecified atom stereocenters. The largest absolute Gasteiger partial charge is 0.333 e. The van der Waals surface area contributed by atoms with Gasteiger partial charge in [0.05, 0.1) is 16.1 Å². The highest BCUT2D eigenvalue weighted by Crippen LogP contribution is 2.34. The molecule has 0 saturated carbocycles. The molecule has 1 heterocycles. The van der Waals surface area contributed by atoms with E-state index < -0.39 is 8.60 Å². The summed E-state index contributed by atoms with van der Waals surface area (Å²) >= 11 is 7.75. The summed E-state index contributed by atoms with van der Waals surface area (Å²) in [7, 11) is -2.36. The Balaban J connectivity index is 1.60. The standard InChI is InChI=1S/C20H16ClN2O3PS/c21-17-11-19-18(22-20(23-19)28-12-26-27(24)25)10-16(17)15-8-6-14(7-9-15)13-4-2-1-3-5-13/h1-11,24-25H,12H2,(H,22,23). The van der Waals surface area contributed by atoms with Crippen molar-refractivity contribution in [3.8, 4) is 22.3 Å². The summed E-state index contributed by atoms with van der Waals surface area (Å²) in [6.45, 7) is 0. The van der Waals surface area contributed by atoms with Crippen LogP contribution in [0.1, 0.15) is 0 Å². The normalized spacial score (nSPS) is 11.4. The van der Waals surface area contributed by atoms with Gasteiger partial charge in [-0.05, 0) is 28.8 Å². The van der Waals surface area contributed by atoms with Gasteiger partial charge < -0.3 is 19.3 Å². The molecule has 28 heavy (non-hydrogen) atoms. The lowest BCUT2D eigenvalue weighted by atomic mass is 10.00. The van der Waals surface area contributed by atoms with Crippen molar-refractivity contribution in [2.24, 2.45) is 0 Å². The predicted octanol–water partition coefficient (Wildman–Crippen LogP) is 5.83. The fourth-order valence-corrected chi connectivity index (χ4v) is 4.22. The molecule has 4 aromatic rings. The zero-order valence-corrected chi connectivity index (χ0v) is 17.0. The van der Waals surface area contributed by atoms with Crippen LogP contribution in [0.2, 0.25) is 5.02 Å². The Morgan fingerprint density at radius 3 is 2.36 bits per heavy atom. The van der Waals surface area contributed by atoms with Gasteiger partial charge in [-0.2, -0.15) is 0 Å². The molecule has 0 aliphatic rings. The number of hydrogen-bond acceptors (Lipinski definition) is 5. The molecule has 0 aliphatic carbocycles. The quantitative estimate of drug-likeness (QED) is 0.204. The van der Waals surface area contributed by atoms with Crippen molar-refractivity contribution in [1.29, 1.82) is 0 Å². The molecule has 0 radical (unpaired) electrons. The molecular formula is C20H16ClN2O3PS. The van der Waals surface area contributed by atoms with Crippen molar-refractivity contribution in [2.75, 3.05) is 5.94 Å². The third kappa shape index (κ3) is 4.39. The van der Waals surface area contributed by atoms with Crippen LogP contribution in [0.5, 0.6) is 0 Å². The number of halogens is 1. The summed E-state index contributed by atoms with van der Waals surface area (Å²) in [4.78, 5) is 25.3. The van der Waals surface area contributed by atoms with Crippen LogP contribution < -0.4 is 0 Å². The van der Waals surface area contributed by atoms with Gasteiger partial charge in [-0.15, -0.1) is 0 Å². The van der Waals surface area contributed by atoms with Crippen LogP contribution in [-0.2, 0) is 4.52 Å². The predicted molar refractivity (Wildman–Crippen MR) is 115 cm³/mol. The van der Waals surface area contributed by atoms with E-state index in [1.807, 2.05) is 30.3 Å². The topological polar surface area (TPSA) is 78.4 Å². The van der Waals surface area contributed by atoms with Crippen LogP contribution >= 0.6 is 32.0 Å². The molecule has 0 amide bonds. The molecule has 0 spiro atoms. The van der Waals surface area contributed by atoms with E-state index in [2.05, 4.69) is 46.4 Å². The van der Waals surface area contributed by atoms with E-state index in [9.17, 15) is 0 Å². The minimum absolute atomic E-state index is 0.0973. The van der Waals surface area contributed by atoms with Crippen molar-refractivity contribution in [1.82, 2.24) is 9.97 Å². The molecule has 0 aliphatic heterocycles. The monoisotopic (exact) mass is 430 g/mol. The number of nitrogens with one attached hydrogen (secondary N) is 1. The lowest BCUT2D eigenvalue weighted by molar-refractivity contribution is 0.299. The molecular weight excluding hydrogens is 415 g/mol. The second kappa shape index (κ2) is 8.62. The van der Waals surface area contributed by atoms with Gasteiger partial charge in [0.25, 0.3) is 0 Å². The zero-order valence-electron chi connectivity index (χ0n) is 14.5. The summed E-state index contributed by atoms with van der Waals surface area (Å²) < 4.78 is 4.76. The minimum atomic E-state index is -2.36. The number of aromatic amines is 1. The van der Waals surface area contributed by atoms with E-state index in [0.717, 1.165) is 27.7 Å². The summed E-state index contributed by atoms with van der Waals surface area (Å²) in [6.07, 6.45) is 0. The Bertz CT molecular complexity index is 1090. The average molecular weight is 431 g/mol. The van der Waals surface area contributed by atoms with Crippen LogP contribution in [0.4, 0.5) is 0 Å². The molecule has 142 valence electrons. The maximum atomic E-state index is 8.80.